The molecule has 0 aliphatic carbocycles. The van der Waals surface area contributed by atoms with E-state index >= 15 is 0 Å². The van der Waals surface area contributed by atoms with Crippen molar-refractivity contribution in [3.05, 3.63) is 24.3 Å². The van der Waals surface area contributed by atoms with Crippen molar-refractivity contribution in [3.63, 3.8) is 0 Å². The average Bonchev–Trinajstić information content (AvgIpc) is 2.58. The van der Waals surface area contributed by atoms with Gasteiger partial charge >= 0.3 is 0 Å². The molecule has 1 heterocycles. The number of thioether (sulfide) groups is 1. The Morgan fingerprint density at radius 3 is 2.67 bits per heavy atom. The van der Waals surface area contributed by atoms with E-state index in [4.69, 9.17) is 17.0 Å². The van der Waals surface area contributed by atoms with Gasteiger partial charge in [-0.05, 0) is 30.7 Å². The van der Waals surface area contributed by atoms with Gasteiger partial charge in [-0.1, -0.05) is 24.0 Å². The van der Waals surface area contributed by atoms with E-state index in [1.54, 1.807) is 31.4 Å². The minimum Gasteiger partial charge on any atom is -0.497 e. The van der Waals surface area contributed by atoms with Gasteiger partial charge in [-0.25, -0.2) is 0 Å². The Hall–Kier alpha value is -1.60. The van der Waals surface area contributed by atoms with Gasteiger partial charge in [-0.3, -0.25) is 14.5 Å². The summed E-state index contributed by atoms with van der Waals surface area (Å²) in [6.45, 7) is 1.40. The number of nitrogens with zero attached hydrogens (tertiary/aromatic N) is 1. The molecule has 7 heteroatoms. The van der Waals surface area contributed by atoms with Crippen LogP contribution in [0.15, 0.2) is 24.3 Å². The van der Waals surface area contributed by atoms with Crippen molar-refractivity contribution < 1.29 is 14.3 Å². The largest absolute Gasteiger partial charge is 0.497 e. The van der Waals surface area contributed by atoms with Gasteiger partial charge in [0.1, 0.15) is 16.1 Å². The molecule has 1 N–H and O–H groups in total. The minimum absolute atomic E-state index is 0.203. The monoisotopic (exact) mass is 324 g/mol. The number of rotatable bonds is 3. The number of ether oxygens (including phenoxy) is 1. The number of hydrogen-bond donors (Lipinski definition) is 1. The predicted molar refractivity (Wildman–Crippen MR) is 87.8 cm³/mol. The van der Waals surface area contributed by atoms with Gasteiger partial charge in [0.25, 0.3) is 5.91 Å². The molecule has 1 atom stereocenters. The standard InChI is InChI=1S/C14H16N2O3S2/c1-9(17)15-12-7-8-21-14(20)16(13(12)18)10-3-5-11(19-2)6-4-10/h3-6,12H,7-8H2,1-2H3,(H,15,17). The van der Waals surface area contributed by atoms with Gasteiger partial charge in [-0.15, -0.1) is 0 Å². The topological polar surface area (TPSA) is 58.6 Å². The number of carbonyl (C=O) groups is 2. The number of hydrogen-bond acceptors (Lipinski definition) is 5. The first-order chi connectivity index (χ1) is 10.0. The van der Waals surface area contributed by atoms with Gasteiger partial charge < -0.3 is 10.1 Å². The summed E-state index contributed by atoms with van der Waals surface area (Å²) in [6.07, 6.45) is 0.565. The molecular weight excluding hydrogens is 308 g/mol. The van der Waals surface area contributed by atoms with Crippen molar-refractivity contribution in [1.82, 2.24) is 5.32 Å². The molecular formula is C14H16N2O3S2. The second-order valence-electron chi connectivity index (χ2n) is 4.53. The van der Waals surface area contributed by atoms with Crippen molar-refractivity contribution in [3.8, 4) is 5.75 Å². The number of carbonyl (C=O) groups excluding carboxylic acids is 2. The van der Waals surface area contributed by atoms with E-state index in [0.717, 1.165) is 0 Å². The molecule has 1 aromatic rings. The van der Waals surface area contributed by atoms with Crippen LogP contribution < -0.4 is 15.0 Å². The van der Waals surface area contributed by atoms with Gasteiger partial charge in [0.2, 0.25) is 5.91 Å². The van der Waals surface area contributed by atoms with Crippen LogP contribution in [0.1, 0.15) is 13.3 Å². The quantitative estimate of drug-likeness (QED) is 0.861. The third-order valence-electron chi connectivity index (χ3n) is 3.04. The van der Waals surface area contributed by atoms with E-state index in [0.29, 0.717) is 27.9 Å². The molecule has 1 aromatic carbocycles. The molecule has 2 amide bonds. The first kappa shape index (κ1) is 15.8. The van der Waals surface area contributed by atoms with Crippen LogP contribution in [0.25, 0.3) is 0 Å². The maximum atomic E-state index is 12.6. The van der Waals surface area contributed by atoms with E-state index in [1.807, 2.05) is 0 Å². The van der Waals surface area contributed by atoms with Crippen LogP contribution in [0, 0.1) is 0 Å². The Balaban J connectivity index is 2.29. The van der Waals surface area contributed by atoms with Crippen LogP contribution in [0.3, 0.4) is 0 Å². The predicted octanol–water partition coefficient (Wildman–Crippen LogP) is 1.95. The summed E-state index contributed by atoms with van der Waals surface area (Å²) in [6, 6.07) is 6.56. The summed E-state index contributed by atoms with van der Waals surface area (Å²) in [5, 5.41) is 2.69. The first-order valence-electron chi connectivity index (χ1n) is 6.45. The molecule has 2 rings (SSSR count). The molecule has 0 aromatic heterocycles. The van der Waals surface area contributed by atoms with Crippen LogP contribution in [-0.2, 0) is 9.59 Å². The van der Waals surface area contributed by atoms with Crippen molar-refractivity contribution in [2.45, 2.75) is 19.4 Å². The highest BCUT2D eigenvalue weighted by molar-refractivity contribution is 8.23. The Morgan fingerprint density at radius 1 is 1.43 bits per heavy atom. The lowest BCUT2D eigenvalue weighted by atomic mass is 10.2. The summed E-state index contributed by atoms with van der Waals surface area (Å²) in [5.74, 6) is 0.978. The number of benzene rings is 1. The summed E-state index contributed by atoms with van der Waals surface area (Å²) >= 11 is 6.77. The Kier molecular flexibility index (Phi) is 5.19. The van der Waals surface area contributed by atoms with Crippen molar-refractivity contribution in [2.75, 3.05) is 17.8 Å². The van der Waals surface area contributed by atoms with E-state index < -0.39 is 6.04 Å². The fraction of sp³-hybridized carbons (Fsp3) is 0.357. The number of nitrogens with one attached hydrogen (secondary N) is 1. The fourth-order valence-corrected chi connectivity index (χ4v) is 3.34. The molecule has 1 aliphatic heterocycles. The molecule has 1 aliphatic rings. The van der Waals surface area contributed by atoms with Crippen LogP contribution in [-0.4, -0.2) is 35.0 Å². The van der Waals surface area contributed by atoms with Crippen molar-refractivity contribution in [1.29, 1.82) is 0 Å². The van der Waals surface area contributed by atoms with E-state index in [9.17, 15) is 9.59 Å². The summed E-state index contributed by atoms with van der Waals surface area (Å²) < 4.78 is 5.61. The summed E-state index contributed by atoms with van der Waals surface area (Å²) in [4.78, 5) is 25.3. The zero-order chi connectivity index (χ0) is 15.4. The van der Waals surface area contributed by atoms with Gasteiger partial charge in [-0.2, -0.15) is 0 Å². The third-order valence-corrected chi connectivity index (χ3v) is 4.45. The minimum atomic E-state index is -0.544. The SMILES string of the molecule is COc1ccc(N2C(=O)C(NC(C)=O)CCSC2=S)cc1. The van der Waals surface area contributed by atoms with E-state index in [1.165, 1.54) is 23.6 Å². The van der Waals surface area contributed by atoms with Gasteiger partial charge in [0, 0.05) is 12.7 Å². The lowest BCUT2D eigenvalue weighted by molar-refractivity contribution is -0.125. The van der Waals surface area contributed by atoms with Crippen molar-refractivity contribution in [2.24, 2.45) is 0 Å². The van der Waals surface area contributed by atoms with Crippen LogP contribution in [0.4, 0.5) is 5.69 Å². The molecule has 5 nitrogen and oxygen atoms in total. The zero-order valence-electron chi connectivity index (χ0n) is 11.8. The Bertz CT molecular complexity index is 560. The zero-order valence-corrected chi connectivity index (χ0v) is 13.4. The number of anilines is 1. The summed E-state index contributed by atoms with van der Waals surface area (Å²) in [7, 11) is 1.58. The molecule has 1 unspecified atom stereocenters. The molecule has 112 valence electrons. The number of amides is 2. The smallest absolute Gasteiger partial charge is 0.255 e. The Labute approximate surface area is 133 Å². The van der Waals surface area contributed by atoms with Crippen LogP contribution >= 0.6 is 24.0 Å². The number of thiocarbonyl (C=S) groups is 1. The summed E-state index contributed by atoms with van der Waals surface area (Å²) in [5.41, 5.74) is 0.676. The fourth-order valence-electron chi connectivity index (χ4n) is 2.04. The molecule has 1 saturated heterocycles. The van der Waals surface area contributed by atoms with Crippen LogP contribution in [0.5, 0.6) is 5.75 Å². The molecule has 0 spiro atoms. The van der Waals surface area contributed by atoms with Gasteiger partial charge in [0.05, 0.1) is 12.8 Å². The molecule has 0 radical (unpaired) electrons. The molecule has 1 fully saturated rings. The van der Waals surface area contributed by atoms with Crippen LogP contribution in [0.2, 0.25) is 0 Å². The highest BCUT2D eigenvalue weighted by atomic mass is 32.2. The lowest BCUT2D eigenvalue weighted by Gasteiger charge is -2.24. The van der Waals surface area contributed by atoms with Gasteiger partial charge in [0.15, 0.2) is 0 Å². The second kappa shape index (κ2) is 6.91. The highest BCUT2D eigenvalue weighted by Crippen LogP contribution is 2.27. The van der Waals surface area contributed by atoms with E-state index in [2.05, 4.69) is 5.32 Å². The second-order valence-corrected chi connectivity index (χ2v) is 6.26. The first-order valence-corrected chi connectivity index (χ1v) is 7.84. The molecule has 0 saturated carbocycles. The third kappa shape index (κ3) is 3.74. The number of methoxy groups -OCH3 is 1. The average molecular weight is 324 g/mol. The van der Waals surface area contributed by atoms with E-state index in [-0.39, 0.29) is 11.8 Å². The Morgan fingerprint density at radius 2 is 2.10 bits per heavy atom. The van der Waals surface area contributed by atoms with Crippen molar-refractivity contribution >= 4 is 45.8 Å². The molecule has 0 bridgehead atoms. The maximum absolute atomic E-state index is 12.6. The maximum Gasteiger partial charge on any atom is 0.255 e. The highest BCUT2D eigenvalue weighted by Gasteiger charge is 2.32. The normalized spacial score (nSPS) is 19.1. The lowest BCUT2D eigenvalue weighted by Crippen LogP contribution is -2.48. The molecule has 21 heavy (non-hydrogen) atoms.